The van der Waals surface area contributed by atoms with Crippen LogP contribution in [0.2, 0.25) is 5.02 Å². The Labute approximate surface area is 195 Å². The molecule has 0 aliphatic carbocycles. The number of rotatable bonds is 3. The molecule has 174 valence electrons. The van der Waals surface area contributed by atoms with Gasteiger partial charge in [-0.25, -0.2) is 4.79 Å². The Bertz CT molecular complexity index is 888. The second-order valence-corrected chi connectivity index (χ2v) is 8.92. The van der Waals surface area contributed by atoms with Crippen LogP contribution in [0.5, 0.6) is 0 Å². The Hall–Kier alpha value is -2.34. The number of fused-ring (bicyclic) bond motifs is 1. The Morgan fingerprint density at radius 2 is 1.91 bits per heavy atom. The van der Waals surface area contributed by atoms with Crippen molar-refractivity contribution in [2.24, 2.45) is 5.16 Å². The maximum Gasteiger partial charge on any atom is 0.339 e. The molecule has 1 aromatic rings. The van der Waals surface area contributed by atoms with Crippen LogP contribution in [-0.4, -0.2) is 48.8 Å². The van der Waals surface area contributed by atoms with Crippen molar-refractivity contribution >= 4 is 29.2 Å². The fourth-order valence-corrected chi connectivity index (χ4v) is 4.47. The summed E-state index contributed by atoms with van der Waals surface area (Å²) < 4.78 is 5.47. The van der Waals surface area contributed by atoms with Crippen molar-refractivity contribution in [3.05, 3.63) is 45.5 Å². The third-order valence-corrected chi connectivity index (χ3v) is 6.51. The minimum absolute atomic E-state index is 0.0301. The van der Waals surface area contributed by atoms with Crippen LogP contribution in [0.1, 0.15) is 72.0 Å². The van der Waals surface area contributed by atoms with Crippen molar-refractivity contribution in [2.45, 2.75) is 65.2 Å². The van der Waals surface area contributed by atoms with Gasteiger partial charge in [-0.3, -0.25) is 4.79 Å². The van der Waals surface area contributed by atoms with Crippen LogP contribution in [0.4, 0.5) is 0 Å². The predicted octanol–water partition coefficient (Wildman–Crippen LogP) is 5.17. The summed E-state index contributed by atoms with van der Waals surface area (Å²) in [5, 5.41) is 4.88. The van der Waals surface area contributed by atoms with Gasteiger partial charge in [0.15, 0.2) is 6.61 Å². The zero-order chi connectivity index (χ0) is 22.9. The highest BCUT2D eigenvalue weighted by Crippen LogP contribution is 2.29. The summed E-state index contributed by atoms with van der Waals surface area (Å²) in [7, 11) is 0. The number of carbonyl (C=O) groups is 2. The number of halogens is 1. The van der Waals surface area contributed by atoms with Crippen molar-refractivity contribution in [2.75, 3.05) is 26.3 Å². The van der Waals surface area contributed by atoms with Crippen LogP contribution in [0.25, 0.3) is 0 Å². The third kappa shape index (κ3) is 6.58. The van der Waals surface area contributed by atoms with Gasteiger partial charge in [0.05, 0.1) is 11.3 Å². The summed E-state index contributed by atoms with van der Waals surface area (Å²) in [4.78, 5) is 32.6. The normalized spacial score (nSPS) is 20.4. The molecule has 0 radical (unpaired) electrons. The van der Waals surface area contributed by atoms with Gasteiger partial charge in [-0.2, -0.15) is 0 Å². The number of likely N-dealkylation sites (tertiary alicyclic amines) is 1. The molecule has 0 unspecified atom stereocenters. The van der Waals surface area contributed by atoms with E-state index in [1.54, 1.807) is 0 Å². The number of aryl methyl sites for hydroxylation is 2. The average molecular weight is 461 g/mol. The van der Waals surface area contributed by atoms with E-state index < -0.39 is 0 Å². The van der Waals surface area contributed by atoms with E-state index in [9.17, 15) is 9.59 Å². The molecule has 2 aliphatic rings. The number of cyclic esters (lactones) is 1. The summed E-state index contributed by atoms with van der Waals surface area (Å²) in [6.07, 6.45) is 11.1. The molecular weight excluding hydrogens is 428 g/mol. The van der Waals surface area contributed by atoms with Gasteiger partial charge in [-0.05, 0) is 75.5 Å². The first kappa shape index (κ1) is 24.3. The number of allylic oxidation sites excluding steroid dienone is 1. The van der Waals surface area contributed by atoms with Gasteiger partial charge in [-0.1, -0.05) is 35.0 Å². The van der Waals surface area contributed by atoms with Gasteiger partial charge < -0.3 is 14.5 Å². The summed E-state index contributed by atoms with van der Waals surface area (Å²) in [6.45, 7) is 5.57. The molecule has 1 amide bonds. The first-order valence-electron chi connectivity index (χ1n) is 11.5. The van der Waals surface area contributed by atoms with Gasteiger partial charge in [0, 0.05) is 24.5 Å². The van der Waals surface area contributed by atoms with E-state index in [-0.39, 0.29) is 25.1 Å². The highest BCUT2D eigenvalue weighted by atomic mass is 35.5. The predicted molar refractivity (Wildman–Crippen MR) is 126 cm³/mol. The first-order chi connectivity index (χ1) is 15.5. The molecule has 0 spiro atoms. The molecule has 1 fully saturated rings. The Morgan fingerprint density at radius 3 is 2.69 bits per heavy atom. The van der Waals surface area contributed by atoms with Crippen LogP contribution in [0.3, 0.4) is 0 Å². The molecule has 0 N–H and O–H groups in total. The molecule has 2 aliphatic heterocycles. The van der Waals surface area contributed by atoms with E-state index in [4.69, 9.17) is 21.2 Å². The Balaban J connectivity index is 1.82. The number of piperidine rings is 1. The molecule has 0 saturated carbocycles. The molecular formula is C25H33ClN2O4. The maximum atomic E-state index is 12.8. The highest BCUT2D eigenvalue weighted by molar-refractivity contribution is 6.33. The lowest BCUT2D eigenvalue weighted by atomic mass is 9.93. The van der Waals surface area contributed by atoms with Crippen molar-refractivity contribution in [3.63, 3.8) is 0 Å². The van der Waals surface area contributed by atoms with Gasteiger partial charge in [-0.15, -0.1) is 0 Å². The lowest BCUT2D eigenvalue weighted by molar-refractivity contribution is -0.137. The molecule has 0 aromatic heterocycles. The topological polar surface area (TPSA) is 68.2 Å². The van der Waals surface area contributed by atoms with Gasteiger partial charge in [0.25, 0.3) is 5.91 Å². The zero-order valence-corrected chi connectivity index (χ0v) is 19.9. The second kappa shape index (κ2) is 12.0. The lowest BCUT2D eigenvalue weighted by Gasteiger charge is -2.26. The molecule has 0 atom stereocenters. The van der Waals surface area contributed by atoms with E-state index in [2.05, 4.69) is 5.16 Å². The van der Waals surface area contributed by atoms with Crippen molar-refractivity contribution in [1.82, 2.24) is 4.90 Å². The molecule has 3 rings (SSSR count). The summed E-state index contributed by atoms with van der Waals surface area (Å²) >= 11 is 6.65. The standard InChI is InChI=1S/C25H33ClN2O4/c1-18-15-19(2)24(26)21-16-20(27-32-17-22(29)28-12-8-6-9-13-28)11-7-4-3-5-10-14-31-25(30)23(18)21/h5,10,15H,3-4,6-9,11-14,16-17H2,1-2H3/b10-5+,27-20-. The Kier molecular flexibility index (Phi) is 9.15. The molecule has 7 heteroatoms. The fourth-order valence-electron chi connectivity index (χ4n) is 4.25. The zero-order valence-electron chi connectivity index (χ0n) is 19.1. The minimum Gasteiger partial charge on any atom is -0.458 e. The fraction of sp³-hybridized carbons (Fsp3) is 0.560. The van der Waals surface area contributed by atoms with Crippen LogP contribution in [-0.2, 0) is 20.8 Å². The monoisotopic (exact) mass is 460 g/mol. The molecule has 1 aromatic carbocycles. The van der Waals surface area contributed by atoms with Crippen LogP contribution in [0, 0.1) is 13.8 Å². The number of carbonyl (C=O) groups excluding carboxylic acids is 2. The number of amides is 1. The van der Waals surface area contributed by atoms with E-state index in [0.29, 0.717) is 29.0 Å². The summed E-state index contributed by atoms with van der Waals surface area (Å²) in [5.41, 5.74) is 3.71. The average Bonchev–Trinajstić information content (AvgIpc) is 2.80. The van der Waals surface area contributed by atoms with Gasteiger partial charge in [0.2, 0.25) is 0 Å². The van der Waals surface area contributed by atoms with Crippen molar-refractivity contribution in [3.8, 4) is 0 Å². The second-order valence-electron chi connectivity index (χ2n) is 8.54. The van der Waals surface area contributed by atoms with E-state index in [1.807, 2.05) is 37.0 Å². The van der Waals surface area contributed by atoms with Crippen LogP contribution >= 0.6 is 11.6 Å². The summed E-state index contributed by atoms with van der Waals surface area (Å²) in [6, 6.07) is 1.90. The number of esters is 1. The van der Waals surface area contributed by atoms with Crippen LogP contribution in [0.15, 0.2) is 23.4 Å². The molecule has 6 nitrogen and oxygen atoms in total. The first-order valence-corrected chi connectivity index (χ1v) is 11.9. The largest absolute Gasteiger partial charge is 0.458 e. The summed E-state index contributed by atoms with van der Waals surface area (Å²) in [5.74, 6) is -0.415. The third-order valence-electron chi connectivity index (χ3n) is 5.98. The number of oxime groups is 1. The number of nitrogens with zero attached hydrogens (tertiary/aromatic N) is 2. The smallest absolute Gasteiger partial charge is 0.339 e. The molecule has 1 saturated heterocycles. The SMILES string of the molecule is Cc1cc(C)c2c(c1Cl)C/C(=N\OCC(=O)N1CCCCC1)CCCC/C=C/COC2=O. The highest BCUT2D eigenvalue weighted by Gasteiger charge is 2.22. The number of hydrogen-bond acceptors (Lipinski definition) is 5. The minimum atomic E-state index is -0.385. The molecule has 2 heterocycles. The van der Waals surface area contributed by atoms with E-state index in [1.165, 1.54) is 6.42 Å². The Morgan fingerprint density at radius 1 is 1.12 bits per heavy atom. The maximum absolute atomic E-state index is 12.8. The molecule has 32 heavy (non-hydrogen) atoms. The lowest BCUT2D eigenvalue weighted by Crippen LogP contribution is -2.37. The van der Waals surface area contributed by atoms with E-state index >= 15 is 0 Å². The number of hydrogen-bond donors (Lipinski definition) is 0. The number of benzene rings is 1. The van der Waals surface area contributed by atoms with Crippen molar-refractivity contribution < 1.29 is 19.2 Å². The quantitative estimate of drug-likeness (QED) is 0.354. The van der Waals surface area contributed by atoms with Gasteiger partial charge in [0.1, 0.15) is 6.61 Å². The number of ether oxygens (including phenoxy) is 1. The van der Waals surface area contributed by atoms with Gasteiger partial charge >= 0.3 is 5.97 Å². The molecule has 0 bridgehead atoms. The van der Waals surface area contributed by atoms with Crippen LogP contribution < -0.4 is 0 Å². The van der Waals surface area contributed by atoms with E-state index in [0.717, 1.165) is 62.0 Å². The van der Waals surface area contributed by atoms with Crippen molar-refractivity contribution in [1.29, 1.82) is 0 Å².